The van der Waals surface area contributed by atoms with Gasteiger partial charge in [0.15, 0.2) is 0 Å². The molecule has 0 spiro atoms. The van der Waals surface area contributed by atoms with Gasteiger partial charge in [-0.05, 0) is 24.0 Å². The zero-order valence-corrected chi connectivity index (χ0v) is 6.63. The lowest BCUT2D eigenvalue weighted by Crippen LogP contribution is -1.95. The Labute approximate surface area is 62.1 Å². The van der Waals surface area contributed by atoms with Gasteiger partial charge in [-0.25, -0.2) is 0 Å². The molecule has 1 atom stereocenters. The lowest BCUT2D eigenvalue weighted by atomic mass is 10.0. The van der Waals surface area contributed by atoms with Crippen molar-refractivity contribution in [3.63, 3.8) is 0 Å². The maximum Gasteiger partial charge on any atom is 0.0934 e. The lowest BCUT2D eigenvalue weighted by Gasteiger charge is -2.03. The summed E-state index contributed by atoms with van der Waals surface area (Å²) in [7, 11) is 0. The van der Waals surface area contributed by atoms with Crippen LogP contribution in [0, 0.1) is 5.92 Å². The van der Waals surface area contributed by atoms with Gasteiger partial charge in [-0.2, -0.15) is 0 Å². The second-order valence-electron chi connectivity index (χ2n) is 2.85. The molecule has 1 aromatic rings. The molecule has 0 aliphatic carbocycles. The molecule has 0 amide bonds. The van der Waals surface area contributed by atoms with Crippen molar-refractivity contribution >= 4 is 0 Å². The summed E-state index contributed by atoms with van der Waals surface area (Å²) < 4.78 is 4.96. The Morgan fingerprint density at radius 1 is 1.60 bits per heavy atom. The molecule has 0 bridgehead atoms. The molecule has 0 aromatic carbocycles. The Morgan fingerprint density at radius 2 is 2.40 bits per heavy atom. The molecular formula is C9H14O. The first kappa shape index (κ1) is 7.39. The second kappa shape index (κ2) is 3.45. The van der Waals surface area contributed by atoms with E-state index in [-0.39, 0.29) is 0 Å². The molecule has 1 aromatic heterocycles. The summed E-state index contributed by atoms with van der Waals surface area (Å²) in [5, 5.41) is 0. The van der Waals surface area contributed by atoms with Crippen LogP contribution in [0.3, 0.4) is 0 Å². The van der Waals surface area contributed by atoms with E-state index in [1.165, 1.54) is 12.0 Å². The van der Waals surface area contributed by atoms with Crippen LogP contribution in [0.15, 0.2) is 23.0 Å². The molecule has 56 valence electrons. The molecule has 1 unspecified atom stereocenters. The van der Waals surface area contributed by atoms with E-state index in [0.717, 1.165) is 12.3 Å². The van der Waals surface area contributed by atoms with E-state index in [4.69, 9.17) is 4.42 Å². The van der Waals surface area contributed by atoms with E-state index >= 15 is 0 Å². The monoisotopic (exact) mass is 138 g/mol. The highest BCUT2D eigenvalue weighted by atomic mass is 16.3. The Hall–Kier alpha value is -0.720. The normalized spacial score (nSPS) is 13.4. The van der Waals surface area contributed by atoms with Gasteiger partial charge in [0, 0.05) is 0 Å². The summed E-state index contributed by atoms with van der Waals surface area (Å²) in [4.78, 5) is 0. The van der Waals surface area contributed by atoms with E-state index < -0.39 is 0 Å². The molecule has 10 heavy (non-hydrogen) atoms. The number of hydrogen-bond acceptors (Lipinski definition) is 1. The predicted octanol–water partition coefficient (Wildman–Crippen LogP) is 2.87. The van der Waals surface area contributed by atoms with Crippen molar-refractivity contribution in [1.82, 2.24) is 0 Å². The van der Waals surface area contributed by atoms with Crippen molar-refractivity contribution < 1.29 is 4.42 Å². The third-order valence-corrected chi connectivity index (χ3v) is 1.86. The van der Waals surface area contributed by atoms with Crippen LogP contribution in [0.25, 0.3) is 0 Å². The first-order valence-corrected chi connectivity index (χ1v) is 3.84. The minimum Gasteiger partial charge on any atom is -0.472 e. The van der Waals surface area contributed by atoms with Crippen LogP contribution in [0.1, 0.15) is 25.8 Å². The summed E-state index contributed by atoms with van der Waals surface area (Å²) in [6.07, 6.45) is 5.95. The summed E-state index contributed by atoms with van der Waals surface area (Å²) in [5.74, 6) is 0.776. The van der Waals surface area contributed by atoms with Crippen LogP contribution in [0.5, 0.6) is 0 Å². The quantitative estimate of drug-likeness (QED) is 0.626. The third-order valence-electron chi connectivity index (χ3n) is 1.86. The van der Waals surface area contributed by atoms with Crippen molar-refractivity contribution in [3.8, 4) is 0 Å². The van der Waals surface area contributed by atoms with Gasteiger partial charge in [-0.15, -0.1) is 0 Å². The lowest BCUT2D eigenvalue weighted by molar-refractivity contribution is 0.538. The zero-order valence-electron chi connectivity index (χ0n) is 6.63. The number of hydrogen-bond donors (Lipinski definition) is 0. The fraction of sp³-hybridized carbons (Fsp3) is 0.556. The first-order chi connectivity index (χ1) is 4.83. The van der Waals surface area contributed by atoms with Crippen molar-refractivity contribution in [1.29, 1.82) is 0 Å². The van der Waals surface area contributed by atoms with Gasteiger partial charge in [-0.3, -0.25) is 0 Å². The van der Waals surface area contributed by atoms with Gasteiger partial charge >= 0.3 is 0 Å². The highest BCUT2D eigenvalue weighted by molar-refractivity contribution is 5.05. The molecule has 0 N–H and O–H groups in total. The highest BCUT2D eigenvalue weighted by Gasteiger charge is 2.00. The van der Waals surface area contributed by atoms with Crippen molar-refractivity contribution in [2.24, 2.45) is 5.92 Å². The third kappa shape index (κ3) is 1.90. The van der Waals surface area contributed by atoms with Crippen molar-refractivity contribution in [2.75, 3.05) is 0 Å². The van der Waals surface area contributed by atoms with Crippen LogP contribution >= 0.6 is 0 Å². The Morgan fingerprint density at radius 3 is 2.90 bits per heavy atom. The average Bonchev–Trinajstić information content (AvgIpc) is 2.40. The van der Waals surface area contributed by atoms with Gasteiger partial charge in [0.2, 0.25) is 0 Å². The highest BCUT2D eigenvalue weighted by Crippen LogP contribution is 2.10. The van der Waals surface area contributed by atoms with Gasteiger partial charge in [-0.1, -0.05) is 20.3 Å². The Balaban J connectivity index is 2.40. The minimum absolute atomic E-state index is 0.776. The molecule has 1 heteroatoms. The van der Waals surface area contributed by atoms with Gasteiger partial charge in [0.05, 0.1) is 12.5 Å². The number of rotatable bonds is 3. The fourth-order valence-electron chi connectivity index (χ4n) is 0.956. The molecule has 0 radical (unpaired) electrons. The average molecular weight is 138 g/mol. The van der Waals surface area contributed by atoms with Crippen molar-refractivity contribution in [2.45, 2.75) is 26.7 Å². The van der Waals surface area contributed by atoms with Crippen LogP contribution in [-0.2, 0) is 6.42 Å². The zero-order chi connectivity index (χ0) is 7.40. The maximum absolute atomic E-state index is 4.96. The molecule has 1 rings (SSSR count). The number of furan rings is 1. The standard InChI is InChI=1S/C9H14O/c1-3-8(2)6-9-4-5-10-7-9/h4-5,7-8H,3,6H2,1-2H3. The molecule has 1 heterocycles. The van der Waals surface area contributed by atoms with E-state index in [2.05, 4.69) is 13.8 Å². The Bertz CT molecular complexity index is 165. The van der Waals surface area contributed by atoms with Crippen LogP contribution in [-0.4, -0.2) is 0 Å². The maximum atomic E-state index is 4.96. The molecule has 0 fully saturated rings. The summed E-state index contributed by atoms with van der Waals surface area (Å²) in [6, 6.07) is 2.03. The van der Waals surface area contributed by atoms with Gasteiger partial charge in [0.1, 0.15) is 0 Å². The van der Waals surface area contributed by atoms with Gasteiger partial charge in [0.25, 0.3) is 0 Å². The molecule has 0 aliphatic rings. The molecule has 0 aliphatic heterocycles. The molecular weight excluding hydrogens is 124 g/mol. The van der Waals surface area contributed by atoms with Crippen molar-refractivity contribution in [3.05, 3.63) is 24.2 Å². The summed E-state index contributed by atoms with van der Waals surface area (Å²) in [6.45, 7) is 4.47. The van der Waals surface area contributed by atoms with Crippen LogP contribution in [0.4, 0.5) is 0 Å². The summed E-state index contributed by atoms with van der Waals surface area (Å²) >= 11 is 0. The second-order valence-corrected chi connectivity index (χ2v) is 2.85. The van der Waals surface area contributed by atoms with E-state index in [9.17, 15) is 0 Å². The fourth-order valence-corrected chi connectivity index (χ4v) is 0.956. The topological polar surface area (TPSA) is 13.1 Å². The smallest absolute Gasteiger partial charge is 0.0934 e. The van der Waals surface area contributed by atoms with Crippen LogP contribution in [0.2, 0.25) is 0 Å². The SMILES string of the molecule is CCC(C)Cc1ccoc1. The van der Waals surface area contributed by atoms with E-state index in [1.54, 1.807) is 6.26 Å². The Kier molecular flexibility index (Phi) is 2.55. The predicted molar refractivity (Wildman–Crippen MR) is 41.9 cm³/mol. The van der Waals surface area contributed by atoms with E-state index in [0.29, 0.717) is 0 Å². The minimum atomic E-state index is 0.776. The molecule has 1 nitrogen and oxygen atoms in total. The summed E-state index contributed by atoms with van der Waals surface area (Å²) in [5.41, 5.74) is 1.31. The van der Waals surface area contributed by atoms with E-state index in [1.807, 2.05) is 12.3 Å². The van der Waals surface area contributed by atoms with Crippen LogP contribution < -0.4 is 0 Å². The first-order valence-electron chi connectivity index (χ1n) is 3.84. The van der Waals surface area contributed by atoms with Gasteiger partial charge < -0.3 is 4.42 Å². The molecule has 0 saturated heterocycles. The molecule has 0 saturated carbocycles. The largest absolute Gasteiger partial charge is 0.472 e.